The zero-order valence-electron chi connectivity index (χ0n) is 13.0. The lowest BCUT2D eigenvalue weighted by Gasteiger charge is -2.36. The van der Waals surface area contributed by atoms with Gasteiger partial charge in [-0.3, -0.25) is 4.90 Å². The fourth-order valence-electron chi connectivity index (χ4n) is 2.56. The molecule has 1 aliphatic rings. The van der Waals surface area contributed by atoms with Crippen LogP contribution < -0.4 is 5.32 Å². The van der Waals surface area contributed by atoms with E-state index >= 15 is 0 Å². The number of piperazine rings is 1. The Morgan fingerprint density at radius 3 is 2.57 bits per heavy atom. The Morgan fingerprint density at radius 1 is 1.33 bits per heavy atom. The molecule has 1 atom stereocenters. The smallest absolute Gasteiger partial charge is 0.252 e. The standard InChI is InChI=1S/C14H25N3O2S2/c1-4-12(2)16-5-7-17(8-6-16)21(18,19)14-9-13(10-15-3)11-20-14/h9,11-12,15H,4-8,10H2,1-3H3. The molecular formula is C14H25N3O2S2. The van der Waals surface area contributed by atoms with Gasteiger partial charge in [-0.15, -0.1) is 11.3 Å². The molecule has 0 saturated carbocycles. The lowest BCUT2D eigenvalue weighted by molar-refractivity contribution is 0.143. The van der Waals surface area contributed by atoms with Crippen LogP contribution in [0.25, 0.3) is 0 Å². The van der Waals surface area contributed by atoms with Crippen molar-refractivity contribution in [2.75, 3.05) is 33.2 Å². The van der Waals surface area contributed by atoms with Gasteiger partial charge in [0, 0.05) is 38.8 Å². The molecule has 21 heavy (non-hydrogen) atoms. The van der Waals surface area contributed by atoms with Crippen molar-refractivity contribution >= 4 is 21.4 Å². The number of nitrogens with one attached hydrogen (secondary N) is 1. The van der Waals surface area contributed by atoms with Gasteiger partial charge in [0.1, 0.15) is 4.21 Å². The minimum Gasteiger partial charge on any atom is -0.316 e. The molecule has 1 fully saturated rings. The van der Waals surface area contributed by atoms with Crippen LogP contribution in [0.5, 0.6) is 0 Å². The predicted molar refractivity (Wildman–Crippen MR) is 87.2 cm³/mol. The average Bonchev–Trinajstić information content (AvgIpc) is 2.96. The summed E-state index contributed by atoms with van der Waals surface area (Å²) in [5, 5.41) is 4.96. The molecule has 0 aliphatic carbocycles. The third-order valence-corrected chi connectivity index (χ3v) is 7.45. The van der Waals surface area contributed by atoms with E-state index in [4.69, 9.17) is 0 Å². The first-order valence-corrected chi connectivity index (χ1v) is 9.77. The molecule has 0 aromatic carbocycles. The molecule has 2 rings (SSSR count). The molecule has 1 saturated heterocycles. The van der Waals surface area contributed by atoms with Crippen molar-refractivity contribution in [2.45, 2.75) is 37.1 Å². The summed E-state index contributed by atoms with van der Waals surface area (Å²) in [6.45, 7) is 7.90. The minimum atomic E-state index is -3.32. The molecule has 1 aliphatic heterocycles. The van der Waals surface area contributed by atoms with Gasteiger partial charge < -0.3 is 5.32 Å². The maximum Gasteiger partial charge on any atom is 0.252 e. The second-order valence-electron chi connectivity index (χ2n) is 5.50. The molecule has 0 radical (unpaired) electrons. The summed E-state index contributed by atoms with van der Waals surface area (Å²) in [5.41, 5.74) is 1.03. The van der Waals surface area contributed by atoms with Gasteiger partial charge in [0.05, 0.1) is 0 Å². The number of hydrogen-bond donors (Lipinski definition) is 1. The SMILES string of the molecule is CCC(C)N1CCN(S(=O)(=O)c2cc(CNC)cs2)CC1. The Hall–Kier alpha value is -0.470. The molecule has 7 heteroatoms. The maximum absolute atomic E-state index is 12.6. The van der Waals surface area contributed by atoms with E-state index in [1.54, 1.807) is 10.4 Å². The summed E-state index contributed by atoms with van der Waals surface area (Å²) in [6, 6.07) is 2.32. The van der Waals surface area contributed by atoms with Crippen LogP contribution in [0.15, 0.2) is 15.7 Å². The van der Waals surface area contributed by atoms with Gasteiger partial charge in [-0.1, -0.05) is 6.92 Å². The van der Waals surface area contributed by atoms with Crippen molar-refractivity contribution in [1.29, 1.82) is 0 Å². The Bertz CT molecular complexity index is 548. The molecule has 2 heterocycles. The molecule has 1 aromatic rings. The van der Waals surface area contributed by atoms with Crippen molar-refractivity contribution in [1.82, 2.24) is 14.5 Å². The van der Waals surface area contributed by atoms with Crippen LogP contribution in [0.1, 0.15) is 25.8 Å². The minimum absolute atomic E-state index is 0.463. The van der Waals surface area contributed by atoms with Crippen molar-refractivity contribution in [2.24, 2.45) is 0 Å². The Morgan fingerprint density at radius 2 is 2.00 bits per heavy atom. The summed E-state index contributed by atoms with van der Waals surface area (Å²) in [6.07, 6.45) is 1.10. The highest BCUT2D eigenvalue weighted by atomic mass is 32.2. The zero-order valence-corrected chi connectivity index (χ0v) is 14.6. The van der Waals surface area contributed by atoms with Gasteiger partial charge in [0.25, 0.3) is 10.0 Å². The van der Waals surface area contributed by atoms with Gasteiger partial charge in [-0.2, -0.15) is 4.31 Å². The number of hydrogen-bond acceptors (Lipinski definition) is 5. The highest BCUT2D eigenvalue weighted by molar-refractivity contribution is 7.91. The van der Waals surface area contributed by atoms with E-state index in [0.717, 1.165) is 25.1 Å². The van der Waals surface area contributed by atoms with Gasteiger partial charge in [-0.25, -0.2) is 8.42 Å². The van der Waals surface area contributed by atoms with Crippen LogP contribution in [0.2, 0.25) is 0 Å². The maximum atomic E-state index is 12.6. The van der Waals surface area contributed by atoms with Gasteiger partial charge in [0.2, 0.25) is 0 Å². The normalized spacial score (nSPS) is 19.8. The van der Waals surface area contributed by atoms with Gasteiger partial charge in [0.15, 0.2) is 0 Å². The van der Waals surface area contributed by atoms with E-state index in [0.29, 0.717) is 29.9 Å². The van der Waals surface area contributed by atoms with Crippen LogP contribution in [-0.4, -0.2) is 56.9 Å². The molecule has 1 unspecified atom stereocenters. The van der Waals surface area contributed by atoms with Crippen LogP contribution in [-0.2, 0) is 16.6 Å². The summed E-state index contributed by atoms with van der Waals surface area (Å²) in [4.78, 5) is 2.37. The van der Waals surface area contributed by atoms with E-state index < -0.39 is 10.0 Å². The summed E-state index contributed by atoms with van der Waals surface area (Å²) in [5.74, 6) is 0. The molecule has 1 aromatic heterocycles. The van der Waals surface area contributed by atoms with Crippen LogP contribution >= 0.6 is 11.3 Å². The number of nitrogens with zero attached hydrogens (tertiary/aromatic N) is 2. The van der Waals surface area contributed by atoms with Crippen LogP contribution in [0.3, 0.4) is 0 Å². The first kappa shape index (κ1) is 16.9. The van der Waals surface area contributed by atoms with Crippen LogP contribution in [0, 0.1) is 0 Å². The molecular weight excluding hydrogens is 306 g/mol. The summed E-state index contributed by atoms with van der Waals surface area (Å²) in [7, 11) is -1.46. The van der Waals surface area contributed by atoms with Gasteiger partial charge >= 0.3 is 0 Å². The summed E-state index contributed by atoms with van der Waals surface area (Å²) < 4.78 is 27.4. The fourth-order valence-corrected chi connectivity index (χ4v) is 5.34. The third kappa shape index (κ3) is 3.84. The van der Waals surface area contributed by atoms with E-state index in [9.17, 15) is 8.42 Å². The number of rotatable bonds is 6. The van der Waals surface area contributed by atoms with E-state index in [1.807, 2.05) is 12.4 Å². The number of thiophene rings is 1. The van der Waals surface area contributed by atoms with Crippen molar-refractivity contribution < 1.29 is 8.42 Å². The first-order valence-electron chi connectivity index (χ1n) is 7.45. The van der Waals surface area contributed by atoms with Crippen LogP contribution in [0.4, 0.5) is 0 Å². The summed E-state index contributed by atoms with van der Waals surface area (Å²) >= 11 is 1.32. The predicted octanol–water partition coefficient (Wildman–Crippen LogP) is 1.57. The highest BCUT2D eigenvalue weighted by Crippen LogP contribution is 2.25. The monoisotopic (exact) mass is 331 g/mol. The number of sulfonamides is 1. The van der Waals surface area contributed by atoms with E-state index in [1.165, 1.54) is 11.3 Å². The second kappa shape index (κ2) is 7.19. The third-order valence-electron chi connectivity index (χ3n) is 4.09. The highest BCUT2D eigenvalue weighted by Gasteiger charge is 2.30. The van der Waals surface area contributed by atoms with Gasteiger partial charge in [-0.05, 0) is 37.4 Å². The van der Waals surface area contributed by atoms with Crippen molar-refractivity contribution in [3.8, 4) is 0 Å². The van der Waals surface area contributed by atoms with Crippen molar-refractivity contribution in [3.05, 3.63) is 17.0 Å². The molecule has 0 bridgehead atoms. The first-order chi connectivity index (χ1) is 9.98. The lowest BCUT2D eigenvalue weighted by Crippen LogP contribution is -2.50. The van der Waals surface area contributed by atoms with E-state index in [-0.39, 0.29) is 0 Å². The average molecular weight is 332 g/mol. The Kier molecular flexibility index (Phi) is 5.79. The quantitative estimate of drug-likeness (QED) is 0.860. The fraction of sp³-hybridized carbons (Fsp3) is 0.714. The Balaban J connectivity index is 2.03. The largest absolute Gasteiger partial charge is 0.316 e. The molecule has 0 spiro atoms. The van der Waals surface area contributed by atoms with E-state index in [2.05, 4.69) is 24.1 Å². The molecule has 5 nitrogen and oxygen atoms in total. The second-order valence-corrected chi connectivity index (χ2v) is 8.58. The lowest BCUT2D eigenvalue weighted by atomic mass is 10.2. The molecule has 1 N–H and O–H groups in total. The zero-order chi connectivity index (χ0) is 15.5. The Labute approximate surface area is 132 Å². The molecule has 0 amide bonds. The topological polar surface area (TPSA) is 52.7 Å². The molecule has 120 valence electrons. The van der Waals surface area contributed by atoms with Crippen molar-refractivity contribution in [3.63, 3.8) is 0 Å².